The monoisotopic (exact) mass is 307 g/mol. The van der Waals surface area contributed by atoms with Crippen LogP contribution in [0.25, 0.3) is 0 Å². The number of aliphatic hydroxyl groups excluding tert-OH is 1. The summed E-state index contributed by atoms with van der Waals surface area (Å²) in [7, 11) is 0. The van der Waals surface area contributed by atoms with Gasteiger partial charge in [-0.15, -0.1) is 0 Å². The number of nitrogens with one attached hydrogen (secondary N) is 1. The summed E-state index contributed by atoms with van der Waals surface area (Å²) in [5.41, 5.74) is 0.657. The Morgan fingerprint density at radius 3 is 2.86 bits per heavy atom. The molecule has 0 atom stereocenters. The van der Waals surface area contributed by atoms with E-state index in [1.54, 1.807) is 6.07 Å². The fourth-order valence-electron chi connectivity index (χ4n) is 2.39. The highest BCUT2D eigenvalue weighted by Gasteiger charge is 2.18. The van der Waals surface area contributed by atoms with Crippen LogP contribution < -0.4 is 10.1 Å². The van der Waals surface area contributed by atoms with Gasteiger partial charge in [0.1, 0.15) is 12.5 Å². The van der Waals surface area contributed by atoms with Gasteiger partial charge in [-0.1, -0.05) is 13.0 Å². The molecule has 1 saturated heterocycles. The third kappa shape index (κ3) is 4.69. The predicted octanol–water partition coefficient (Wildman–Crippen LogP) is 0.383. The highest BCUT2D eigenvalue weighted by Crippen LogP contribution is 2.15. The molecule has 0 radical (unpaired) electrons. The average molecular weight is 307 g/mol. The lowest BCUT2D eigenvalue weighted by molar-refractivity contribution is 0.0734. The zero-order valence-corrected chi connectivity index (χ0v) is 13.1. The van der Waals surface area contributed by atoms with Crippen LogP contribution in [0.2, 0.25) is 0 Å². The van der Waals surface area contributed by atoms with Crippen molar-refractivity contribution in [2.45, 2.75) is 6.92 Å². The van der Waals surface area contributed by atoms with Crippen LogP contribution >= 0.6 is 0 Å². The molecule has 6 heteroatoms. The smallest absolute Gasteiger partial charge is 0.254 e. The molecule has 6 nitrogen and oxygen atoms in total. The highest BCUT2D eigenvalue weighted by atomic mass is 16.5. The number of likely N-dealkylation sites (N-methyl/N-ethyl adjacent to an activating group) is 1. The largest absolute Gasteiger partial charge is 0.478 e. The van der Waals surface area contributed by atoms with Gasteiger partial charge in [-0.2, -0.15) is 0 Å². The Morgan fingerprint density at radius 2 is 2.18 bits per heavy atom. The first kappa shape index (κ1) is 16.7. The van der Waals surface area contributed by atoms with Gasteiger partial charge in [0.2, 0.25) is 0 Å². The molecular formula is C16H25N3O3. The normalized spacial score (nSPS) is 15.1. The van der Waals surface area contributed by atoms with Crippen molar-refractivity contribution in [3.05, 3.63) is 29.8 Å². The van der Waals surface area contributed by atoms with Crippen molar-refractivity contribution in [1.29, 1.82) is 0 Å². The van der Waals surface area contributed by atoms with E-state index in [0.717, 1.165) is 32.7 Å². The number of rotatable bonds is 7. The first-order chi connectivity index (χ1) is 10.7. The zero-order chi connectivity index (χ0) is 15.8. The van der Waals surface area contributed by atoms with E-state index in [-0.39, 0.29) is 12.5 Å². The van der Waals surface area contributed by atoms with Crippen LogP contribution in [0.1, 0.15) is 17.3 Å². The van der Waals surface area contributed by atoms with Crippen LogP contribution in [0.4, 0.5) is 0 Å². The van der Waals surface area contributed by atoms with E-state index in [9.17, 15) is 4.79 Å². The molecule has 1 aliphatic rings. The zero-order valence-electron chi connectivity index (χ0n) is 13.1. The Morgan fingerprint density at radius 1 is 1.41 bits per heavy atom. The van der Waals surface area contributed by atoms with Crippen molar-refractivity contribution < 1.29 is 14.6 Å². The molecule has 1 amide bonds. The summed E-state index contributed by atoms with van der Waals surface area (Å²) in [6.07, 6.45) is 0. The minimum absolute atomic E-state index is 0.0506. The second kappa shape index (κ2) is 8.73. The Labute approximate surface area is 131 Å². The van der Waals surface area contributed by atoms with Crippen LogP contribution in [0.3, 0.4) is 0 Å². The molecule has 1 heterocycles. The molecule has 122 valence electrons. The molecule has 1 aromatic rings. The third-order valence-corrected chi connectivity index (χ3v) is 3.76. The maximum Gasteiger partial charge on any atom is 0.254 e. The molecule has 22 heavy (non-hydrogen) atoms. The maximum absolute atomic E-state index is 12.4. The first-order valence-electron chi connectivity index (χ1n) is 7.80. The second-order valence-corrected chi connectivity index (χ2v) is 5.28. The summed E-state index contributed by atoms with van der Waals surface area (Å²) in [6.45, 7) is 7.08. The molecule has 1 aromatic carbocycles. The van der Waals surface area contributed by atoms with Crippen molar-refractivity contribution in [3.8, 4) is 5.75 Å². The van der Waals surface area contributed by atoms with Crippen molar-refractivity contribution in [1.82, 2.24) is 15.1 Å². The number of benzene rings is 1. The summed E-state index contributed by atoms with van der Waals surface area (Å²) in [6, 6.07) is 7.30. The highest BCUT2D eigenvalue weighted by molar-refractivity contribution is 5.94. The Kier molecular flexibility index (Phi) is 6.64. The van der Waals surface area contributed by atoms with Crippen LogP contribution in [0, 0.1) is 0 Å². The number of amides is 1. The lowest BCUT2D eigenvalue weighted by atomic mass is 10.1. The average Bonchev–Trinajstić information content (AvgIpc) is 2.59. The number of piperazine rings is 1. The molecule has 0 spiro atoms. The number of carbonyl (C=O) groups excluding carboxylic acids is 1. The number of hydrogen-bond donors (Lipinski definition) is 2. The van der Waals surface area contributed by atoms with Crippen LogP contribution in [-0.4, -0.2) is 73.4 Å². The molecule has 2 rings (SSSR count). The summed E-state index contributed by atoms with van der Waals surface area (Å²) in [4.78, 5) is 16.3. The van der Waals surface area contributed by atoms with Crippen LogP contribution in [0.15, 0.2) is 24.3 Å². The summed E-state index contributed by atoms with van der Waals surface area (Å²) >= 11 is 0. The van der Waals surface area contributed by atoms with Gasteiger partial charge < -0.3 is 20.1 Å². The number of aliphatic hydroxyl groups is 1. The van der Waals surface area contributed by atoms with Crippen molar-refractivity contribution in [3.63, 3.8) is 0 Å². The lowest BCUT2D eigenvalue weighted by Crippen LogP contribution is -2.46. The molecule has 0 saturated carbocycles. The number of hydrogen-bond acceptors (Lipinski definition) is 5. The standard InChI is InChI=1S/C16H25N3O3/c1-2-18(10-11-20)13-22-15-5-3-4-14(12-15)16(21)19-8-6-17-7-9-19/h3-5,12,17,20H,2,6-11,13H2,1H3. The minimum atomic E-state index is 0.0506. The lowest BCUT2D eigenvalue weighted by Gasteiger charge is -2.27. The second-order valence-electron chi connectivity index (χ2n) is 5.28. The molecule has 0 aromatic heterocycles. The van der Waals surface area contributed by atoms with Gasteiger partial charge in [-0.25, -0.2) is 0 Å². The number of ether oxygens (including phenoxy) is 1. The predicted molar refractivity (Wildman–Crippen MR) is 85.0 cm³/mol. The molecule has 0 unspecified atom stereocenters. The van der Waals surface area contributed by atoms with Gasteiger partial charge in [0.15, 0.2) is 0 Å². The Balaban J connectivity index is 1.95. The quantitative estimate of drug-likeness (QED) is 0.713. The Bertz CT molecular complexity index is 475. The van der Waals surface area contributed by atoms with Crippen molar-refractivity contribution >= 4 is 5.91 Å². The van der Waals surface area contributed by atoms with Gasteiger partial charge in [-0.05, 0) is 24.7 Å². The SMILES string of the molecule is CCN(CCO)COc1cccc(C(=O)N2CCNCC2)c1. The third-order valence-electron chi connectivity index (χ3n) is 3.76. The number of carbonyl (C=O) groups is 1. The van der Waals surface area contributed by atoms with Crippen molar-refractivity contribution in [2.75, 3.05) is 52.6 Å². The van der Waals surface area contributed by atoms with E-state index in [2.05, 4.69) is 5.32 Å². The van der Waals surface area contributed by atoms with Gasteiger partial charge >= 0.3 is 0 Å². The van der Waals surface area contributed by atoms with Crippen molar-refractivity contribution in [2.24, 2.45) is 0 Å². The topological polar surface area (TPSA) is 65.0 Å². The fourth-order valence-corrected chi connectivity index (χ4v) is 2.39. The Hall–Kier alpha value is -1.63. The van der Waals surface area contributed by atoms with Gasteiger partial charge in [0.05, 0.1) is 6.61 Å². The van der Waals surface area contributed by atoms with E-state index in [1.165, 1.54) is 0 Å². The van der Waals surface area contributed by atoms with E-state index < -0.39 is 0 Å². The molecule has 0 aliphatic carbocycles. The first-order valence-corrected chi connectivity index (χ1v) is 7.80. The fraction of sp³-hybridized carbons (Fsp3) is 0.562. The van der Waals surface area contributed by atoms with Gasteiger partial charge in [0, 0.05) is 38.3 Å². The maximum atomic E-state index is 12.4. The number of nitrogens with zero attached hydrogens (tertiary/aromatic N) is 2. The molecule has 1 aliphatic heterocycles. The van der Waals surface area contributed by atoms with Gasteiger partial charge in [-0.3, -0.25) is 9.69 Å². The van der Waals surface area contributed by atoms with E-state index in [0.29, 0.717) is 24.6 Å². The van der Waals surface area contributed by atoms with Gasteiger partial charge in [0.25, 0.3) is 5.91 Å². The molecule has 2 N–H and O–H groups in total. The summed E-state index contributed by atoms with van der Waals surface area (Å²) < 4.78 is 5.72. The minimum Gasteiger partial charge on any atom is -0.478 e. The summed E-state index contributed by atoms with van der Waals surface area (Å²) in [5.74, 6) is 0.729. The van der Waals surface area contributed by atoms with E-state index in [4.69, 9.17) is 9.84 Å². The molecule has 0 bridgehead atoms. The van der Waals surface area contributed by atoms with Crippen LogP contribution in [-0.2, 0) is 0 Å². The molecule has 1 fully saturated rings. The molecular weight excluding hydrogens is 282 g/mol. The van der Waals surface area contributed by atoms with E-state index in [1.807, 2.05) is 34.9 Å². The van der Waals surface area contributed by atoms with Crippen LogP contribution in [0.5, 0.6) is 5.75 Å². The van der Waals surface area contributed by atoms with E-state index >= 15 is 0 Å². The summed E-state index contributed by atoms with van der Waals surface area (Å²) in [5, 5.41) is 12.2.